The summed E-state index contributed by atoms with van der Waals surface area (Å²) in [4.78, 5) is 30.5. The maximum Gasteiger partial charge on any atom is 0.258 e. The molecule has 0 bridgehead atoms. The Kier molecular flexibility index (Phi) is 5.90. The third-order valence-electron chi connectivity index (χ3n) is 5.88. The molecule has 0 spiro atoms. The number of hydrogen-bond donors (Lipinski definition) is 0. The molecule has 2 atom stereocenters. The Morgan fingerprint density at radius 1 is 0.871 bits per heavy atom. The first-order valence-corrected chi connectivity index (χ1v) is 10.8. The van der Waals surface area contributed by atoms with Crippen molar-refractivity contribution in [2.45, 2.75) is 39.3 Å². The molecular formula is C27H28N2O2. The molecule has 1 heterocycles. The lowest BCUT2D eigenvalue weighted by atomic mass is 9.89. The normalized spacial score (nSPS) is 17.9. The van der Waals surface area contributed by atoms with Gasteiger partial charge < -0.3 is 9.80 Å². The fourth-order valence-electron chi connectivity index (χ4n) is 4.38. The fourth-order valence-corrected chi connectivity index (χ4v) is 4.38. The molecule has 1 aliphatic heterocycles. The standard InChI is InChI=1S/C27H28N2O2/c1-19(2)26(30)29(22-14-8-5-9-15-22)25-18-20(3)28(24-17-11-10-16-23(24)25)27(31)21-12-6-4-7-13-21/h4-17,19-20,25H,18H2,1-3H3/t20-,25-/m0/s1. The van der Waals surface area contributed by atoms with Gasteiger partial charge in [-0.05, 0) is 49.2 Å². The summed E-state index contributed by atoms with van der Waals surface area (Å²) >= 11 is 0. The number of fused-ring (bicyclic) bond motifs is 1. The van der Waals surface area contributed by atoms with Crippen molar-refractivity contribution < 1.29 is 9.59 Å². The summed E-state index contributed by atoms with van der Waals surface area (Å²) in [5.41, 5.74) is 3.43. The predicted molar refractivity (Wildman–Crippen MR) is 125 cm³/mol. The van der Waals surface area contributed by atoms with E-state index in [4.69, 9.17) is 0 Å². The van der Waals surface area contributed by atoms with E-state index in [9.17, 15) is 9.59 Å². The van der Waals surface area contributed by atoms with Crippen LogP contribution in [0.2, 0.25) is 0 Å². The molecular weight excluding hydrogens is 384 g/mol. The highest BCUT2D eigenvalue weighted by atomic mass is 16.2. The summed E-state index contributed by atoms with van der Waals surface area (Å²) < 4.78 is 0. The molecule has 3 aromatic carbocycles. The SMILES string of the molecule is CC(C)C(=O)N(c1ccccc1)[C@H]1C[C@H](C)N(C(=O)c2ccccc2)c2ccccc21. The Morgan fingerprint density at radius 2 is 1.45 bits per heavy atom. The lowest BCUT2D eigenvalue weighted by Gasteiger charge is -2.44. The zero-order valence-corrected chi connectivity index (χ0v) is 18.2. The highest BCUT2D eigenvalue weighted by Crippen LogP contribution is 2.43. The van der Waals surface area contributed by atoms with E-state index in [1.165, 1.54) is 0 Å². The van der Waals surface area contributed by atoms with Gasteiger partial charge in [0.1, 0.15) is 0 Å². The van der Waals surface area contributed by atoms with Crippen LogP contribution in [0.15, 0.2) is 84.9 Å². The van der Waals surface area contributed by atoms with Gasteiger partial charge in [-0.15, -0.1) is 0 Å². The minimum Gasteiger partial charge on any atom is -0.305 e. The first-order chi connectivity index (χ1) is 15.0. The van der Waals surface area contributed by atoms with E-state index in [0.717, 1.165) is 16.9 Å². The summed E-state index contributed by atoms with van der Waals surface area (Å²) in [5.74, 6) is -0.0619. The van der Waals surface area contributed by atoms with Gasteiger partial charge in [0, 0.05) is 28.9 Å². The van der Waals surface area contributed by atoms with E-state index in [-0.39, 0.29) is 29.8 Å². The number of benzene rings is 3. The number of para-hydroxylation sites is 2. The second kappa shape index (κ2) is 8.76. The smallest absolute Gasteiger partial charge is 0.258 e. The zero-order valence-electron chi connectivity index (χ0n) is 18.2. The van der Waals surface area contributed by atoms with Gasteiger partial charge in [-0.25, -0.2) is 0 Å². The maximum absolute atomic E-state index is 13.4. The van der Waals surface area contributed by atoms with E-state index in [2.05, 4.69) is 6.92 Å². The average molecular weight is 413 g/mol. The number of anilines is 2. The molecule has 0 fully saturated rings. The minimum absolute atomic E-state index is 0.0135. The Labute approximate surface area is 184 Å². The van der Waals surface area contributed by atoms with Crippen LogP contribution in [0.4, 0.5) is 11.4 Å². The van der Waals surface area contributed by atoms with Gasteiger partial charge in [0.25, 0.3) is 5.91 Å². The summed E-state index contributed by atoms with van der Waals surface area (Å²) in [6.45, 7) is 5.93. The summed E-state index contributed by atoms with van der Waals surface area (Å²) in [5, 5.41) is 0. The quantitative estimate of drug-likeness (QED) is 0.539. The van der Waals surface area contributed by atoms with E-state index in [1.807, 2.05) is 109 Å². The van der Waals surface area contributed by atoms with Crippen LogP contribution in [0.3, 0.4) is 0 Å². The van der Waals surface area contributed by atoms with E-state index in [1.54, 1.807) is 0 Å². The molecule has 0 saturated heterocycles. The molecule has 3 aromatic rings. The van der Waals surface area contributed by atoms with Crippen LogP contribution < -0.4 is 9.80 Å². The van der Waals surface area contributed by atoms with E-state index >= 15 is 0 Å². The van der Waals surface area contributed by atoms with Crippen molar-refractivity contribution >= 4 is 23.2 Å². The summed E-state index contributed by atoms with van der Waals surface area (Å²) in [6, 6.07) is 27.0. The molecule has 0 unspecified atom stereocenters. The van der Waals surface area contributed by atoms with Gasteiger partial charge in [0.05, 0.1) is 6.04 Å². The number of carbonyl (C=O) groups excluding carboxylic acids is 2. The number of hydrogen-bond acceptors (Lipinski definition) is 2. The highest BCUT2D eigenvalue weighted by molar-refractivity contribution is 6.07. The first-order valence-electron chi connectivity index (χ1n) is 10.8. The Hall–Kier alpha value is -3.40. The third kappa shape index (κ3) is 3.98. The van der Waals surface area contributed by atoms with Crippen LogP contribution in [-0.4, -0.2) is 17.9 Å². The van der Waals surface area contributed by atoms with Crippen molar-refractivity contribution in [1.82, 2.24) is 0 Å². The van der Waals surface area contributed by atoms with Gasteiger partial charge in [-0.2, -0.15) is 0 Å². The van der Waals surface area contributed by atoms with Crippen LogP contribution in [0, 0.1) is 5.92 Å². The van der Waals surface area contributed by atoms with Crippen LogP contribution in [-0.2, 0) is 4.79 Å². The van der Waals surface area contributed by atoms with Crippen molar-refractivity contribution in [3.8, 4) is 0 Å². The number of rotatable bonds is 4. The largest absolute Gasteiger partial charge is 0.305 e. The zero-order chi connectivity index (χ0) is 22.0. The Morgan fingerprint density at radius 3 is 2.10 bits per heavy atom. The number of carbonyl (C=O) groups is 2. The molecule has 158 valence electrons. The monoisotopic (exact) mass is 412 g/mol. The molecule has 4 nitrogen and oxygen atoms in total. The summed E-state index contributed by atoms with van der Waals surface area (Å²) in [7, 11) is 0. The topological polar surface area (TPSA) is 40.6 Å². The van der Waals surface area contributed by atoms with E-state index in [0.29, 0.717) is 12.0 Å². The molecule has 31 heavy (non-hydrogen) atoms. The van der Waals surface area contributed by atoms with Crippen LogP contribution in [0.5, 0.6) is 0 Å². The van der Waals surface area contributed by atoms with Crippen molar-refractivity contribution in [1.29, 1.82) is 0 Å². The first kappa shape index (κ1) is 20.9. The second-order valence-electron chi connectivity index (χ2n) is 8.40. The Bertz CT molecular complexity index is 1060. The molecule has 4 heteroatoms. The molecule has 0 radical (unpaired) electrons. The maximum atomic E-state index is 13.4. The minimum atomic E-state index is -0.136. The molecule has 0 N–H and O–H groups in total. The molecule has 0 aliphatic carbocycles. The van der Waals surface area contributed by atoms with Gasteiger partial charge in [0.2, 0.25) is 5.91 Å². The van der Waals surface area contributed by atoms with Gasteiger partial charge in [0.15, 0.2) is 0 Å². The third-order valence-corrected chi connectivity index (χ3v) is 5.88. The molecule has 1 aliphatic rings. The second-order valence-corrected chi connectivity index (χ2v) is 8.40. The fraction of sp³-hybridized carbons (Fsp3) is 0.259. The van der Waals surface area contributed by atoms with Crippen LogP contribution in [0.25, 0.3) is 0 Å². The van der Waals surface area contributed by atoms with Gasteiger partial charge >= 0.3 is 0 Å². The Balaban J connectivity index is 1.81. The molecule has 2 amide bonds. The van der Waals surface area contributed by atoms with Crippen LogP contribution >= 0.6 is 0 Å². The van der Waals surface area contributed by atoms with Crippen molar-refractivity contribution in [3.05, 3.63) is 96.1 Å². The van der Waals surface area contributed by atoms with Crippen molar-refractivity contribution in [2.75, 3.05) is 9.80 Å². The summed E-state index contributed by atoms with van der Waals surface area (Å²) in [6.07, 6.45) is 0.670. The predicted octanol–water partition coefficient (Wildman–Crippen LogP) is 5.86. The number of nitrogens with zero attached hydrogens (tertiary/aromatic N) is 2. The molecule has 4 rings (SSSR count). The average Bonchev–Trinajstić information content (AvgIpc) is 2.80. The van der Waals surface area contributed by atoms with E-state index < -0.39 is 0 Å². The lowest BCUT2D eigenvalue weighted by molar-refractivity contribution is -0.122. The van der Waals surface area contributed by atoms with Gasteiger partial charge in [-0.1, -0.05) is 68.4 Å². The van der Waals surface area contributed by atoms with Gasteiger partial charge in [-0.3, -0.25) is 9.59 Å². The lowest BCUT2D eigenvalue weighted by Crippen LogP contribution is -2.48. The highest BCUT2D eigenvalue weighted by Gasteiger charge is 2.39. The van der Waals surface area contributed by atoms with Crippen LogP contribution in [0.1, 0.15) is 49.2 Å². The number of amides is 2. The molecule has 0 aromatic heterocycles. The van der Waals surface area contributed by atoms with Crippen molar-refractivity contribution in [3.63, 3.8) is 0 Å². The van der Waals surface area contributed by atoms with Crippen molar-refractivity contribution in [2.24, 2.45) is 5.92 Å². The molecule has 0 saturated carbocycles.